The zero-order valence-electron chi connectivity index (χ0n) is 26.2. The summed E-state index contributed by atoms with van der Waals surface area (Å²) < 4.78 is 27.3. The average Bonchev–Trinajstić information content (AvgIpc) is 3.06. The quantitative estimate of drug-likeness (QED) is 0.0807. The summed E-state index contributed by atoms with van der Waals surface area (Å²) >= 11 is 1.31. The number of Topliss-reactive ketones (excluding diaryl/α,β-unsaturated/α-hetero) is 1. The van der Waals surface area contributed by atoms with Gasteiger partial charge in [0.2, 0.25) is 23.6 Å². The van der Waals surface area contributed by atoms with Gasteiger partial charge < -0.3 is 41.2 Å². The summed E-state index contributed by atoms with van der Waals surface area (Å²) in [5.41, 5.74) is 5.88. The lowest BCUT2D eigenvalue weighted by molar-refractivity contribution is -0.144. The van der Waals surface area contributed by atoms with Gasteiger partial charge in [0.1, 0.15) is 37.4 Å². The summed E-state index contributed by atoms with van der Waals surface area (Å²) in [6, 6.07) is 2.58. The Morgan fingerprint density at radius 1 is 0.766 bits per heavy atom. The smallest absolute Gasteiger partial charge is 0.408 e. The number of benzene rings is 1. The predicted octanol–water partition coefficient (Wildman–Crippen LogP) is -0.581. The first-order valence-corrected chi connectivity index (χ1v) is 15.6. The maximum Gasteiger partial charge on any atom is 0.408 e. The predicted molar refractivity (Wildman–Crippen MR) is 165 cm³/mol. The van der Waals surface area contributed by atoms with Crippen LogP contribution in [0.15, 0.2) is 30.3 Å². The Hall–Kier alpha value is -4.74. The minimum absolute atomic E-state index is 0.00373. The van der Waals surface area contributed by atoms with Crippen LogP contribution in [0.2, 0.25) is 0 Å². The van der Waals surface area contributed by atoms with E-state index in [4.69, 9.17) is 10.5 Å². The molecule has 5 amide bonds. The van der Waals surface area contributed by atoms with E-state index < -0.39 is 91.1 Å². The van der Waals surface area contributed by atoms with Crippen molar-refractivity contribution in [2.24, 2.45) is 5.73 Å². The van der Waals surface area contributed by atoms with Crippen LogP contribution in [-0.2, 0) is 54.4 Å². The van der Waals surface area contributed by atoms with Crippen LogP contribution < -0.4 is 27.0 Å². The maximum absolute atomic E-state index is 13.4. The largest absolute Gasteiger partial charge is 0.469 e. The Balaban J connectivity index is 3.16. The lowest BCUT2D eigenvalue weighted by Gasteiger charge is -2.26. The van der Waals surface area contributed by atoms with Crippen molar-refractivity contribution < 1.29 is 57.0 Å². The van der Waals surface area contributed by atoms with Crippen LogP contribution in [0.4, 0.5) is 9.18 Å². The lowest BCUT2D eigenvalue weighted by Crippen LogP contribution is -2.58. The second kappa shape index (κ2) is 21.9. The number of primary amides is 1. The third kappa shape index (κ3) is 15.9. The fourth-order valence-electron chi connectivity index (χ4n) is 3.83. The number of hydrogen-bond donors (Lipinski definition) is 5. The number of esters is 2. The topological polar surface area (TPSA) is 238 Å². The summed E-state index contributed by atoms with van der Waals surface area (Å²) in [4.78, 5) is 99.5. The number of nitrogens with one attached hydrogen (secondary N) is 4. The molecule has 16 nitrogen and oxygen atoms in total. The van der Waals surface area contributed by atoms with Gasteiger partial charge in [0.05, 0.1) is 27.1 Å². The molecule has 0 aliphatic rings. The van der Waals surface area contributed by atoms with Crippen molar-refractivity contribution in [1.29, 1.82) is 0 Å². The number of thioether (sulfide) groups is 1. The fraction of sp³-hybridized carbons (Fsp3) is 0.517. The SMILES string of the molecule is COC(=O)C[C@H](NC(=O)C(CCSC)NC(=O)[C@H](CCC(N)=O)NC(=O)[C@H](CC(=O)OC)NC(=O)OCc1ccccc1)C(=O)CF. The number of ether oxygens (including phenoxy) is 3. The third-order valence-electron chi connectivity index (χ3n) is 6.41. The number of halogens is 1. The molecule has 6 N–H and O–H groups in total. The normalized spacial score (nSPS) is 13.0. The number of nitrogens with two attached hydrogens (primary N) is 1. The second-order valence-electron chi connectivity index (χ2n) is 9.89. The van der Waals surface area contributed by atoms with E-state index in [1.165, 1.54) is 11.8 Å². The van der Waals surface area contributed by atoms with Gasteiger partial charge in [-0.15, -0.1) is 0 Å². The van der Waals surface area contributed by atoms with Gasteiger partial charge in [0.15, 0.2) is 5.78 Å². The molecule has 47 heavy (non-hydrogen) atoms. The van der Waals surface area contributed by atoms with Crippen molar-refractivity contribution in [2.45, 2.75) is 62.9 Å². The first kappa shape index (κ1) is 40.3. The zero-order chi connectivity index (χ0) is 35.4. The highest BCUT2D eigenvalue weighted by Crippen LogP contribution is 2.08. The standard InChI is InChI=1S/C29H40FN5O11S/c1-44-24(38)13-20(22(36)15-30)34-27(41)19(11-12-47-3)33-26(40)18(9-10-23(31)37)32-28(42)21(14-25(39)45-2)35-29(43)46-16-17-7-5-4-6-8-17/h4-8,18-21H,9-16H2,1-3H3,(H2,31,37)(H,32,42)(H,33,40)(H,34,41)(H,35,43)/t18-,19?,20-,21-/m0/s1. The molecule has 18 heteroatoms. The van der Waals surface area contributed by atoms with Crippen LogP contribution in [0, 0.1) is 0 Å². The molecule has 0 fully saturated rings. The summed E-state index contributed by atoms with van der Waals surface area (Å²) in [7, 11) is 2.10. The highest BCUT2D eigenvalue weighted by molar-refractivity contribution is 7.98. The van der Waals surface area contributed by atoms with E-state index in [2.05, 4.69) is 30.7 Å². The Labute approximate surface area is 274 Å². The molecule has 0 spiro atoms. The van der Waals surface area contributed by atoms with Gasteiger partial charge in [-0.25, -0.2) is 9.18 Å². The minimum Gasteiger partial charge on any atom is -0.469 e. The maximum atomic E-state index is 13.4. The number of carbonyl (C=O) groups is 8. The van der Waals surface area contributed by atoms with Crippen molar-refractivity contribution in [3.05, 3.63) is 35.9 Å². The zero-order valence-corrected chi connectivity index (χ0v) is 27.0. The van der Waals surface area contributed by atoms with Gasteiger partial charge in [-0.3, -0.25) is 33.6 Å². The van der Waals surface area contributed by atoms with Gasteiger partial charge in [0, 0.05) is 6.42 Å². The number of alkyl carbamates (subject to hydrolysis) is 1. The van der Waals surface area contributed by atoms with Crippen LogP contribution in [-0.4, -0.2) is 105 Å². The van der Waals surface area contributed by atoms with Crippen LogP contribution >= 0.6 is 11.8 Å². The van der Waals surface area contributed by atoms with Crippen molar-refractivity contribution in [2.75, 3.05) is 32.9 Å². The molecule has 0 saturated heterocycles. The summed E-state index contributed by atoms with van der Waals surface area (Å²) in [5, 5.41) is 9.25. The van der Waals surface area contributed by atoms with Crippen LogP contribution in [0.5, 0.6) is 0 Å². The fourth-order valence-corrected chi connectivity index (χ4v) is 4.30. The van der Waals surface area contributed by atoms with E-state index in [0.717, 1.165) is 14.2 Å². The molecule has 1 aromatic rings. The molecule has 1 unspecified atom stereocenters. The Bertz CT molecular complexity index is 1250. The van der Waals surface area contributed by atoms with Crippen LogP contribution in [0.25, 0.3) is 0 Å². The molecule has 260 valence electrons. The number of alkyl halides is 1. The van der Waals surface area contributed by atoms with Crippen molar-refractivity contribution >= 4 is 59.2 Å². The van der Waals surface area contributed by atoms with Crippen LogP contribution in [0.3, 0.4) is 0 Å². The molecule has 1 aromatic carbocycles. The van der Waals surface area contributed by atoms with Gasteiger partial charge in [0.25, 0.3) is 0 Å². The van der Waals surface area contributed by atoms with Crippen molar-refractivity contribution in [1.82, 2.24) is 21.3 Å². The molecule has 0 aliphatic carbocycles. The number of methoxy groups -OCH3 is 2. The van der Waals surface area contributed by atoms with E-state index in [9.17, 15) is 42.7 Å². The lowest BCUT2D eigenvalue weighted by atomic mass is 10.1. The summed E-state index contributed by atoms with van der Waals surface area (Å²) in [5.74, 6) is -6.31. The molecule has 0 radical (unpaired) electrons. The number of ketones is 1. The summed E-state index contributed by atoms with van der Waals surface area (Å²) in [6.45, 7) is -1.63. The Kier molecular flexibility index (Phi) is 18.8. The van der Waals surface area contributed by atoms with E-state index in [0.29, 0.717) is 11.3 Å². The number of hydrogen-bond acceptors (Lipinski definition) is 12. The highest BCUT2D eigenvalue weighted by Gasteiger charge is 2.33. The van der Waals surface area contributed by atoms with E-state index >= 15 is 0 Å². The molecule has 4 atom stereocenters. The molecular formula is C29H40FN5O11S. The van der Waals surface area contributed by atoms with Crippen molar-refractivity contribution in [3.63, 3.8) is 0 Å². The van der Waals surface area contributed by atoms with Gasteiger partial charge >= 0.3 is 18.0 Å². The van der Waals surface area contributed by atoms with Gasteiger partial charge in [-0.2, -0.15) is 11.8 Å². The monoisotopic (exact) mass is 685 g/mol. The molecule has 1 rings (SSSR count). The molecule has 0 saturated carbocycles. The first-order valence-electron chi connectivity index (χ1n) is 14.2. The Morgan fingerprint density at radius 3 is 1.79 bits per heavy atom. The number of rotatable bonds is 21. The molecule has 0 bridgehead atoms. The highest BCUT2D eigenvalue weighted by atomic mass is 32.2. The molecular weight excluding hydrogens is 645 g/mol. The minimum atomic E-state index is -1.59. The van der Waals surface area contributed by atoms with Crippen LogP contribution in [0.1, 0.15) is 37.7 Å². The third-order valence-corrected chi connectivity index (χ3v) is 7.06. The number of amides is 5. The summed E-state index contributed by atoms with van der Waals surface area (Å²) in [6.07, 6.45) is -1.39. The van der Waals surface area contributed by atoms with Gasteiger partial charge in [-0.1, -0.05) is 30.3 Å². The first-order chi connectivity index (χ1) is 22.3. The van der Waals surface area contributed by atoms with Crippen molar-refractivity contribution in [3.8, 4) is 0 Å². The number of carbonyl (C=O) groups excluding carboxylic acids is 8. The van der Waals surface area contributed by atoms with Gasteiger partial charge in [-0.05, 0) is 30.4 Å². The molecule has 0 heterocycles. The Morgan fingerprint density at radius 2 is 1.28 bits per heavy atom. The van der Waals surface area contributed by atoms with E-state index in [1.807, 2.05) is 0 Å². The van der Waals surface area contributed by atoms with E-state index in [1.54, 1.807) is 36.6 Å². The second-order valence-corrected chi connectivity index (χ2v) is 10.9. The van der Waals surface area contributed by atoms with E-state index in [-0.39, 0.29) is 25.9 Å². The molecule has 0 aromatic heterocycles. The average molecular weight is 686 g/mol. The molecule has 0 aliphatic heterocycles.